The molecule has 0 spiro atoms. The van der Waals surface area contributed by atoms with Crippen molar-refractivity contribution in [3.8, 4) is 5.75 Å². The fourth-order valence-electron chi connectivity index (χ4n) is 1.99. The molecule has 0 aliphatic rings. The van der Waals surface area contributed by atoms with Gasteiger partial charge in [0.2, 0.25) is 0 Å². The van der Waals surface area contributed by atoms with E-state index in [1.807, 2.05) is 32.0 Å². The van der Waals surface area contributed by atoms with Gasteiger partial charge in [-0.05, 0) is 55.3 Å². The molecule has 0 aromatic heterocycles. The number of benzene rings is 2. The number of carbonyl (C=O) groups is 1. The molecule has 122 valence electrons. The van der Waals surface area contributed by atoms with Gasteiger partial charge in [-0.2, -0.15) is 0 Å². The number of aryl methyl sites for hydroxylation is 2. The van der Waals surface area contributed by atoms with Gasteiger partial charge in [0, 0.05) is 11.9 Å². The summed E-state index contributed by atoms with van der Waals surface area (Å²) in [7, 11) is -3.24. The van der Waals surface area contributed by atoms with Crippen LogP contribution in [0, 0.1) is 13.8 Å². The van der Waals surface area contributed by atoms with E-state index in [1.165, 1.54) is 24.3 Å². The zero-order valence-electron chi connectivity index (χ0n) is 13.3. The molecule has 2 aromatic carbocycles. The van der Waals surface area contributed by atoms with Gasteiger partial charge in [-0.15, -0.1) is 0 Å². The summed E-state index contributed by atoms with van der Waals surface area (Å²) in [6.45, 7) is 3.72. The first-order valence-electron chi connectivity index (χ1n) is 7.06. The smallest absolute Gasteiger partial charge is 0.262 e. The van der Waals surface area contributed by atoms with Crippen molar-refractivity contribution >= 4 is 21.4 Å². The molecule has 23 heavy (non-hydrogen) atoms. The van der Waals surface area contributed by atoms with E-state index in [0.29, 0.717) is 5.75 Å². The highest BCUT2D eigenvalue weighted by atomic mass is 32.2. The lowest BCUT2D eigenvalue weighted by atomic mass is 10.1. The molecule has 2 rings (SSSR count). The SMILES string of the molecule is Cc1ccc(C)c(NC(=O)COc2ccc(S(C)(=O)=O)cc2)c1. The minimum Gasteiger partial charge on any atom is -0.484 e. The van der Waals surface area contributed by atoms with E-state index in [2.05, 4.69) is 5.32 Å². The molecule has 0 aliphatic heterocycles. The number of ether oxygens (including phenoxy) is 1. The summed E-state index contributed by atoms with van der Waals surface area (Å²) in [5.74, 6) is 0.166. The van der Waals surface area contributed by atoms with Crippen LogP contribution in [0.15, 0.2) is 47.4 Å². The molecule has 0 saturated carbocycles. The topological polar surface area (TPSA) is 72.5 Å². The van der Waals surface area contributed by atoms with Crippen LogP contribution >= 0.6 is 0 Å². The average molecular weight is 333 g/mol. The van der Waals surface area contributed by atoms with Gasteiger partial charge in [0.1, 0.15) is 5.75 Å². The number of amides is 1. The number of nitrogens with one attached hydrogen (secondary N) is 1. The molecule has 2 aromatic rings. The van der Waals surface area contributed by atoms with Gasteiger partial charge >= 0.3 is 0 Å². The highest BCUT2D eigenvalue weighted by Crippen LogP contribution is 2.17. The Labute approximate surface area is 136 Å². The minimum atomic E-state index is -3.24. The van der Waals surface area contributed by atoms with Crippen LogP contribution in [-0.2, 0) is 14.6 Å². The maximum atomic E-state index is 11.9. The van der Waals surface area contributed by atoms with Crippen LogP contribution in [0.3, 0.4) is 0 Å². The Morgan fingerprint density at radius 1 is 1.09 bits per heavy atom. The Morgan fingerprint density at radius 3 is 2.35 bits per heavy atom. The van der Waals surface area contributed by atoms with Crippen LogP contribution in [0.4, 0.5) is 5.69 Å². The van der Waals surface area contributed by atoms with Gasteiger partial charge in [0.05, 0.1) is 4.90 Å². The van der Waals surface area contributed by atoms with E-state index in [9.17, 15) is 13.2 Å². The van der Waals surface area contributed by atoms with E-state index in [-0.39, 0.29) is 17.4 Å². The number of sulfone groups is 1. The minimum absolute atomic E-state index is 0.147. The monoisotopic (exact) mass is 333 g/mol. The van der Waals surface area contributed by atoms with Gasteiger partial charge in [0.15, 0.2) is 16.4 Å². The molecule has 0 bridgehead atoms. The molecule has 1 N–H and O–H groups in total. The van der Waals surface area contributed by atoms with Crippen molar-refractivity contribution in [3.05, 3.63) is 53.6 Å². The van der Waals surface area contributed by atoms with E-state index < -0.39 is 9.84 Å². The second-order valence-electron chi connectivity index (χ2n) is 5.40. The molecule has 6 heteroatoms. The summed E-state index contributed by atoms with van der Waals surface area (Å²) < 4.78 is 28.1. The third-order valence-corrected chi connectivity index (χ3v) is 4.42. The van der Waals surface area contributed by atoms with Gasteiger partial charge in [-0.25, -0.2) is 8.42 Å². The molecule has 0 unspecified atom stereocenters. The molecule has 0 radical (unpaired) electrons. The first-order valence-corrected chi connectivity index (χ1v) is 8.95. The summed E-state index contributed by atoms with van der Waals surface area (Å²) in [4.78, 5) is 12.2. The zero-order valence-corrected chi connectivity index (χ0v) is 14.1. The maximum Gasteiger partial charge on any atom is 0.262 e. The molecule has 0 atom stereocenters. The van der Waals surface area contributed by atoms with Crippen molar-refractivity contribution in [2.75, 3.05) is 18.2 Å². The van der Waals surface area contributed by atoms with Crippen molar-refractivity contribution < 1.29 is 17.9 Å². The number of hydrogen-bond acceptors (Lipinski definition) is 4. The fraction of sp³-hybridized carbons (Fsp3) is 0.235. The Kier molecular flexibility index (Phi) is 5.05. The molecule has 0 heterocycles. The van der Waals surface area contributed by atoms with Crippen LogP contribution < -0.4 is 10.1 Å². The summed E-state index contributed by atoms with van der Waals surface area (Å²) in [6.07, 6.45) is 1.14. The molecule has 0 fully saturated rings. The zero-order chi connectivity index (χ0) is 17.0. The Balaban J connectivity index is 1.95. The Morgan fingerprint density at radius 2 is 1.74 bits per heavy atom. The van der Waals surface area contributed by atoms with Gasteiger partial charge in [0.25, 0.3) is 5.91 Å². The highest BCUT2D eigenvalue weighted by molar-refractivity contribution is 7.90. The molecule has 0 aliphatic carbocycles. The van der Waals surface area contributed by atoms with Gasteiger partial charge < -0.3 is 10.1 Å². The lowest BCUT2D eigenvalue weighted by Gasteiger charge is -2.10. The molecule has 0 saturated heterocycles. The van der Waals surface area contributed by atoms with E-state index in [4.69, 9.17) is 4.74 Å². The Hall–Kier alpha value is -2.34. The lowest BCUT2D eigenvalue weighted by Crippen LogP contribution is -2.20. The third-order valence-electron chi connectivity index (χ3n) is 3.29. The second kappa shape index (κ2) is 6.83. The van der Waals surface area contributed by atoms with Crippen LogP contribution in [0.1, 0.15) is 11.1 Å². The van der Waals surface area contributed by atoms with Crippen molar-refractivity contribution in [2.45, 2.75) is 18.7 Å². The largest absolute Gasteiger partial charge is 0.484 e. The van der Waals surface area contributed by atoms with Crippen molar-refractivity contribution in [2.24, 2.45) is 0 Å². The van der Waals surface area contributed by atoms with Crippen molar-refractivity contribution in [1.29, 1.82) is 0 Å². The first-order chi connectivity index (χ1) is 10.8. The molecule has 1 amide bonds. The first kappa shape index (κ1) is 17.0. The Bertz CT molecular complexity index is 811. The molecule has 5 nitrogen and oxygen atoms in total. The van der Waals surface area contributed by atoms with Gasteiger partial charge in [-0.3, -0.25) is 4.79 Å². The van der Waals surface area contributed by atoms with Crippen molar-refractivity contribution in [1.82, 2.24) is 0 Å². The van der Waals surface area contributed by atoms with Crippen LogP contribution in [0.5, 0.6) is 5.75 Å². The number of rotatable bonds is 5. The number of hydrogen-bond donors (Lipinski definition) is 1. The number of carbonyl (C=O) groups excluding carboxylic acids is 1. The summed E-state index contributed by atoms with van der Waals surface area (Å²) in [6, 6.07) is 11.8. The van der Waals surface area contributed by atoms with Gasteiger partial charge in [-0.1, -0.05) is 12.1 Å². The van der Waals surface area contributed by atoms with Crippen LogP contribution in [0.25, 0.3) is 0 Å². The lowest BCUT2D eigenvalue weighted by molar-refractivity contribution is -0.118. The third kappa shape index (κ3) is 4.82. The van der Waals surface area contributed by atoms with Crippen LogP contribution in [0.2, 0.25) is 0 Å². The second-order valence-corrected chi connectivity index (χ2v) is 7.41. The quantitative estimate of drug-likeness (QED) is 0.913. The molecular weight excluding hydrogens is 314 g/mol. The van der Waals surface area contributed by atoms with E-state index in [0.717, 1.165) is 23.1 Å². The maximum absolute atomic E-state index is 11.9. The van der Waals surface area contributed by atoms with E-state index in [1.54, 1.807) is 0 Å². The summed E-state index contributed by atoms with van der Waals surface area (Å²) in [5.41, 5.74) is 2.79. The standard InChI is InChI=1S/C17H19NO4S/c1-12-4-5-13(2)16(10-12)18-17(19)11-22-14-6-8-15(9-7-14)23(3,20)21/h4-10H,11H2,1-3H3,(H,18,19). The summed E-state index contributed by atoms with van der Waals surface area (Å²) >= 11 is 0. The predicted molar refractivity (Wildman–Crippen MR) is 89.6 cm³/mol. The van der Waals surface area contributed by atoms with Crippen molar-refractivity contribution in [3.63, 3.8) is 0 Å². The average Bonchev–Trinajstić information content (AvgIpc) is 2.48. The highest BCUT2D eigenvalue weighted by Gasteiger charge is 2.08. The summed E-state index contributed by atoms with van der Waals surface area (Å²) in [5, 5.41) is 2.80. The molecular formula is C17H19NO4S. The van der Waals surface area contributed by atoms with Crippen LogP contribution in [-0.4, -0.2) is 27.2 Å². The van der Waals surface area contributed by atoms with E-state index >= 15 is 0 Å². The number of anilines is 1. The predicted octanol–water partition coefficient (Wildman–Crippen LogP) is 2.72. The normalized spacial score (nSPS) is 11.1. The fourth-order valence-corrected chi connectivity index (χ4v) is 2.62.